The quantitative estimate of drug-likeness (QED) is 0.707. The van der Waals surface area contributed by atoms with Crippen LogP contribution < -0.4 is 5.32 Å². The van der Waals surface area contributed by atoms with E-state index in [0.29, 0.717) is 5.69 Å². The summed E-state index contributed by atoms with van der Waals surface area (Å²) in [6.45, 7) is 3.86. The molecule has 0 bridgehead atoms. The maximum Gasteiger partial charge on any atom is 0.374 e. The lowest BCUT2D eigenvalue weighted by molar-refractivity contribution is -0.113. The third-order valence-corrected chi connectivity index (χ3v) is 4.92. The monoisotopic (exact) mass is 379 g/mol. The van der Waals surface area contributed by atoms with Gasteiger partial charge in [0.2, 0.25) is 11.7 Å². The van der Waals surface area contributed by atoms with E-state index >= 15 is 0 Å². The van der Waals surface area contributed by atoms with Crippen molar-refractivity contribution in [3.05, 3.63) is 53.5 Å². The fourth-order valence-electron chi connectivity index (χ4n) is 2.26. The van der Waals surface area contributed by atoms with Gasteiger partial charge in [0.1, 0.15) is 17.3 Å². The molecular formula is C18H21NO6S. The number of ether oxygens (including phenoxy) is 1. The molecule has 0 unspecified atom stereocenters. The Morgan fingerprint density at radius 3 is 2.38 bits per heavy atom. The normalized spacial score (nSPS) is 11.2. The molecule has 0 saturated carbocycles. The number of sulfone groups is 1. The zero-order valence-electron chi connectivity index (χ0n) is 14.7. The van der Waals surface area contributed by atoms with Crippen molar-refractivity contribution in [1.82, 2.24) is 0 Å². The van der Waals surface area contributed by atoms with E-state index < -0.39 is 33.2 Å². The summed E-state index contributed by atoms with van der Waals surface area (Å²) in [4.78, 5) is 23.5. The highest BCUT2D eigenvalue weighted by Crippen LogP contribution is 2.14. The smallest absolute Gasteiger partial charge is 0.374 e. The van der Waals surface area contributed by atoms with Crippen molar-refractivity contribution in [3.8, 4) is 0 Å². The molecule has 7 nitrogen and oxygen atoms in total. The van der Waals surface area contributed by atoms with E-state index in [-0.39, 0.29) is 18.1 Å². The SMILES string of the molecule is CCOC(=O)c1ccc(CS(=O)(=O)CC(=O)Nc2ccc(CC)cc2)o1. The molecule has 0 saturated heterocycles. The third-order valence-electron chi connectivity index (χ3n) is 3.50. The summed E-state index contributed by atoms with van der Waals surface area (Å²) in [7, 11) is -3.75. The predicted molar refractivity (Wildman–Crippen MR) is 96.6 cm³/mol. The summed E-state index contributed by atoms with van der Waals surface area (Å²) in [5, 5.41) is 2.55. The number of hydrogen-bond donors (Lipinski definition) is 1. The van der Waals surface area contributed by atoms with Crippen molar-refractivity contribution in [2.24, 2.45) is 0 Å². The molecule has 0 fully saturated rings. The van der Waals surface area contributed by atoms with E-state index in [9.17, 15) is 18.0 Å². The van der Waals surface area contributed by atoms with Crippen molar-refractivity contribution < 1.29 is 27.2 Å². The highest BCUT2D eigenvalue weighted by atomic mass is 32.2. The van der Waals surface area contributed by atoms with Gasteiger partial charge in [-0.15, -0.1) is 0 Å². The van der Waals surface area contributed by atoms with Crippen molar-refractivity contribution in [1.29, 1.82) is 0 Å². The first-order chi connectivity index (χ1) is 12.3. The molecule has 2 aromatic rings. The van der Waals surface area contributed by atoms with E-state index in [4.69, 9.17) is 9.15 Å². The van der Waals surface area contributed by atoms with Gasteiger partial charge < -0.3 is 14.5 Å². The third kappa shape index (κ3) is 5.73. The maximum atomic E-state index is 12.2. The second kappa shape index (κ2) is 8.66. The summed E-state index contributed by atoms with van der Waals surface area (Å²) >= 11 is 0. The second-order valence-corrected chi connectivity index (χ2v) is 7.68. The lowest BCUT2D eigenvalue weighted by atomic mass is 10.1. The predicted octanol–water partition coefficient (Wildman–Crippen LogP) is 2.57. The second-order valence-electron chi connectivity index (χ2n) is 5.62. The number of rotatable bonds is 8. The number of furan rings is 1. The van der Waals surface area contributed by atoms with Gasteiger partial charge in [-0.25, -0.2) is 13.2 Å². The van der Waals surface area contributed by atoms with Crippen LogP contribution in [0.5, 0.6) is 0 Å². The molecule has 26 heavy (non-hydrogen) atoms. The molecule has 0 radical (unpaired) electrons. The average molecular weight is 379 g/mol. The van der Waals surface area contributed by atoms with E-state index in [1.807, 2.05) is 19.1 Å². The molecule has 0 spiro atoms. The molecule has 2 rings (SSSR count). The lowest BCUT2D eigenvalue weighted by Gasteiger charge is -2.06. The van der Waals surface area contributed by atoms with Gasteiger partial charge in [0.25, 0.3) is 0 Å². The molecule has 1 aromatic carbocycles. The van der Waals surface area contributed by atoms with Crippen LogP contribution >= 0.6 is 0 Å². The summed E-state index contributed by atoms with van der Waals surface area (Å²) in [5.74, 6) is -2.45. The number of nitrogens with one attached hydrogen (secondary N) is 1. The molecule has 1 heterocycles. The first-order valence-corrected chi connectivity index (χ1v) is 10.00. The molecule has 1 amide bonds. The largest absolute Gasteiger partial charge is 0.460 e. The number of anilines is 1. The summed E-state index contributed by atoms with van der Waals surface area (Å²) in [6, 6.07) is 9.90. The van der Waals surface area contributed by atoms with Crippen molar-refractivity contribution >= 4 is 27.4 Å². The topological polar surface area (TPSA) is 103 Å². The first kappa shape index (κ1) is 19.7. The average Bonchev–Trinajstić information content (AvgIpc) is 3.03. The molecule has 140 valence electrons. The Labute approximate surface area is 152 Å². The molecule has 1 aromatic heterocycles. The first-order valence-electron chi connectivity index (χ1n) is 8.18. The van der Waals surface area contributed by atoms with Crippen LogP contribution in [0.1, 0.15) is 35.7 Å². The Morgan fingerprint density at radius 2 is 1.77 bits per heavy atom. The van der Waals surface area contributed by atoms with Gasteiger partial charge in [0.05, 0.1) is 6.61 Å². The number of hydrogen-bond acceptors (Lipinski definition) is 6. The van der Waals surface area contributed by atoms with Gasteiger partial charge in [0, 0.05) is 5.69 Å². The lowest BCUT2D eigenvalue weighted by Crippen LogP contribution is -2.23. The van der Waals surface area contributed by atoms with E-state index in [0.717, 1.165) is 12.0 Å². The van der Waals surface area contributed by atoms with Crippen LogP contribution in [0.2, 0.25) is 0 Å². The van der Waals surface area contributed by atoms with Crippen LogP contribution in [0, 0.1) is 0 Å². The number of carbonyl (C=O) groups is 2. The van der Waals surface area contributed by atoms with Gasteiger partial charge in [-0.3, -0.25) is 4.79 Å². The van der Waals surface area contributed by atoms with Crippen LogP contribution in [-0.2, 0) is 31.5 Å². The van der Waals surface area contributed by atoms with Gasteiger partial charge in [-0.1, -0.05) is 19.1 Å². The Hall–Kier alpha value is -2.61. The molecule has 1 N–H and O–H groups in total. The Balaban J connectivity index is 1.95. The number of amides is 1. The van der Waals surface area contributed by atoms with Crippen LogP contribution in [-0.4, -0.2) is 32.7 Å². The minimum absolute atomic E-state index is 0.0717. The highest BCUT2D eigenvalue weighted by molar-refractivity contribution is 7.91. The number of esters is 1. The maximum absolute atomic E-state index is 12.2. The van der Waals surface area contributed by atoms with Gasteiger partial charge in [-0.2, -0.15) is 0 Å². The molecule has 0 atom stereocenters. The minimum Gasteiger partial charge on any atom is -0.460 e. The Morgan fingerprint density at radius 1 is 1.08 bits per heavy atom. The fourth-order valence-corrected chi connectivity index (χ4v) is 3.42. The van der Waals surface area contributed by atoms with Gasteiger partial charge in [0.15, 0.2) is 9.84 Å². The van der Waals surface area contributed by atoms with Crippen molar-refractivity contribution in [2.75, 3.05) is 17.7 Å². The van der Waals surface area contributed by atoms with E-state index in [2.05, 4.69) is 5.32 Å². The zero-order chi connectivity index (χ0) is 19.2. The zero-order valence-corrected chi connectivity index (χ0v) is 15.5. The van der Waals surface area contributed by atoms with Crippen molar-refractivity contribution in [2.45, 2.75) is 26.0 Å². The molecule has 0 aliphatic heterocycles. The highest BCUT2D eigenvalue weighted by Gasteiger charge is 2.21. The summed E-state index contributed by atoms with van der Waals surface area (Å²) in [6.07, 6.45) is 0.875. The molecule has 0 aliphatic rings. The van der Waals surface area contributed by atoms with Gasteiger partial charge in [-0.05, 0) is 43.2 Å². The summed E-state index contributed by atoms with van der Waals surface area (Å²) < 4.78 is 34.3. The van der Waals surface area contributed by atoms with Crippen LogP contribution in [0.15, 0.2) is 40.8 Å². The summed E-state index contributed by atoms with van der Waals surface area (Å²) in [5.41, 5.74) is 1.65. The molecular weight excluding hydrogens is 358 g/mol. The van der Waals surface area contributed by atoms with E-state index in [1.165, 1.54) is 12.1 Å². The van der Waals surface area contributed by atoms with Crippen LogP contribution in [0.25, 0.3) is 0 Å². The fraction of sp³-hybridized carbons (Fsp3) is 0.333. The molecule has 0 aliphatic carbocycles. The Bertz CT molecular complexity index is 867. The van der Waals surface area contributed by atoms with Crippen LogP contribution in [0.3, 0.4) is 0 Å². The number of benzene rings is 1. The minimum atomic E-state index is -3.75. The molecule has 8 heteroatoms. The van der Waals surface area contributed by atoms with Gasteiger partial charge >= 0.3 is 5.97 Å². The standard InChI is InChI=1S/C18H21NO6S/c1-3-13-5-7-14(8-6-13)19-17(20)12-26(22,23)11-15-9-10-16(25-15)18(21)24-4-2/h5-10H,3-4,11-12H2,1-2H3,(H,19,20). The van der Waals surface area contributed by atoms with E-state index in [1.54, 1.807) is 19.1 Å². The van der Waals surface area contributed by atoms with Crippen LogP contribution in [0.4, 0.5) is 5.69 Å². The number of aryl methyl sites for hydroxylation is 1. The van der Waals surface area contributed by atoms with Crippen molar-refractivity contribution in [3.63, 3.8) is 0 Å². The Kier molecular flexibility index (Phi) is 6.57. The number of carbonyl (C=O) groups excluding carboxylic acids is 2.